The summed E-state index contributed by atoms with van der Waals surface area (Å²) in [4.78, 5) is 36.2. The van der Waals surface area contributed by atoms with Crippen LogP contribution in [0.15, 0.2) is 72.3 Å². The van der Waals surface area contributed by atoms with Crippen molar-refractivity contribution in [1.29, 1.82) is 0 Å². The van der Waals surface area contributed by atoms with E-state index in [1.807, 2.05) is 30.3 Å². The molecule has 0 spiro atoms. The highest BCUT2D eigenvalue weighted by molar-refractivity contribution is 5.88. The molecule has 6 rings (SSSR count). The minimum atomic E-state index is -0.300. The summed E-state index contributed by atoms with van der Waals surface area (Å²) in [5, 5.41) is 12.0. The summed E-state index contributed by atoms with van der Waals surface area (Å²) in [5.41, 5.74) is 10.2. The molecule has 0 atom stereocenters. The van der Waals surface area contributed by atoms with Gasteiger partial charge in [0.05, 0.1) is 18.0 Å². The lowest BCUT2D eigenvalue weighted by molar-refractivity contribution is -0.130. The van der Waals surface area contributed by atoms with Gasteiger partial charge in [0.2, 0.25) is 5.91 Å². The molecule has 0 radical (unpaired) electrons. The van der Waals surface area contributed by atoms with E-state index in [4.69, 9.17) is 5.73 Å². The average Bonchev–Trinajstić information content (AvgIpc) is 3.73. The number of nitrogens with two attached hydrogens (primary N) is 1. The molecule has 2 aliphatic rings. The Morgan fingerprint density at radius 2 is 1.92 bits per heavy atom. The molecule has 1 aliphatic carbocycles. The van der Waals surface area contributed by atoms with Crippen molar-refractivity contribution in [3.8, 4) is 16.9 Å². The number of aliphatic hydroxyl groups excluding tert-OH is 1. The lowest BCUT2D eigenvalue weighted by Crippen LogP contribution is -2.49. The zero-order valence-corrected chi connectivity index (χ0v) is 20.3. The zero-order valence-electron chi connectivity index (χ0n) is 20.3. The van der Waals surface area contributed by atoms with Gasteiger partial charge in [0.25, 0.3) is 5.56 Å². The van der Waals surface area contributed by atoms with E-state index in [-0.39, 0.29) is 24.0 Å². The van der Waals surface area contributed by atoms with Crippen LogP contribution in [0.5, 0.6) is 0 Å². The smallest absolute Gasteiger partial charge is 0.263 e. The van der Waals surface area contributed by atoms with E-state index in [9.17, 15) is 14.7 Å². The van der Waals surface area contributed by atoms with Crippen molar-refractivity contribution in [3.05, 3.63) is 94.7 Å². The number of benzene rings is 2. The number of pyridine rings is 1. The van der Waals surface area contributed by atoms with E-state index >= 15 is 0 Å². The first-order chi connectivity index (χ1) is 18.0. The molecular formula is C29H27N5O3. The number of aromatic nitrogens is 3. The molecule has 1 saturated heterocycles. The lowest BCUT2D eigenvalue weighted by atomic mass is 9.92. The highest BCUT2D eigenvalue weighted by atomic mass is 16.3. The average molecular weight is 494 g/mol. The van der Waals surface area contributed by atoms with Crippen molar-refractivity contribution in [2.45, 2.75) is 31.3 Å². The molecule has 8 heteroatoms. The Labute approximate surface area is 213 Å². The zero-order chi connectivity index (χ0) is 25.7. The van der Waals surface area contributed by atoms with Gasteiger partial charge in [-0.05, 0) is 54.0 Å². The third kappa shape index (κ3) is 3.99. The molecule has 3 N–H and O–H groups in total. The SMILES string of the molecule is C=CC(=O)N1CC(c2cc3cc(C4CC4)ccc3c(=O)n2-c2cccc(-c3cc(N)ncn3)c2CO)C1. The standard InChI is InChI=1S/C29H27N5O3/c1-2-28(36)33-13-20(14-33)26-11-19-10-18(17-6-7-17)8-9-21(19)29(37)34(26)25-5-3-4-22(23(25)15-35)24-12-27(30)32-16-31-24/h2-5,8-12,16-17,20,35H,1,6-7,13-15H2,(H2,30,31,32). The van der Waals surface area contributed by atoms with Gasteiger partial charge < -0.3 is 15.7 Å². The maximum Gasteiger partial charge on any atom is 0.263 e. The molecule has 0 bridgehead atoms. The number of aliphatic hydroxyl groups is 1. The second kappa shape index (κ2) is 8.97. The fraction of sp³-hybridized carbons (Fsp3) is 0.241. The van der Waals surface area contributed by atoms with Crippen molar-refractivity contribution >= 4 is 22.5 Å². The number of anilines is 1. The number of nitrogens with zero attached hydrogens (tertiary/aromatic N) is 4. The predicted molar refractivity (Wildman–Crippen MR) is 142 cm³/mol. The minimum Gasteiger partial charge on any atom is -0.392 e. The summed E-state index contributed by atoms with van der Waals surface area (Å²) in [6.45, 7) is 4.28. The van der Waals surface area contributed by atoms with Crippen LogP contribution in [0.1, 0.15) is 41.5 Å². The van der Waals surface area contributed by atoms with Gasteiger partial charge in [-0.25, -0.2) is 9.97 Å². The van der Waals surface area contributed by atoms with Gasteiger partial charge in [-0.3, -0.25) is 14.2 Å². The number of hydrogen-bond acceptors (Lipinski definition) is 6. The van der Waals surface area contributed by atoms with Crippen molar-refractivity contribution in [2.24, 2.45) is 0 Å². The summed E-state index contributed by atoms with van der Waals surface area (Å²) in [5.74, 6) is 0.727. The number of carbonyl (C=O) groups is 1. The van der Waals surface area contributed by atoms with Gasteiger partial charge in [-0.15, -0.1) is 0 Å². The number of likely N-dealkylation sites (tertiary alicyclic amines) is 1. The summed E-state index contributed by atoms with van der Waals surface area (Å²) >= 11 is 0. The van der Waals surface area contributed by atoms with Crippen LogP contribution in [0.4, 0.5) is 5.82 Å². The van der Waals surface area contributed by atoms with Gasteiger partial charge >= 0.3 is 0 Å². The minimum absolute atomic E-state index is 0.0320. The third-order valence-corrected chi connectivity index (χ3v) is 7.42. The first kappa shape index (κ1) is 23.1. The van der Waals surface area contributed by atoms with Crippen molar-refractivity contribution in [3.63, 3.8) is 0 Å². The number of rotatable bonds is 6. The van der Waals surface area contributed by atoms with Crippen LogP contribution in [-0.4, -0.2) is 43.5 Å². The number of amides is 1. The summed E-state index contributed by atoms with van der Waals surface area (Å²) in [7, 11) is 0. The Morgan fingerprint density at radius 3 is 2.62 bits per heavy atom. The van der Waals surface area contributed by atoms with Crippen LogP contribution in [-0.2, 0) is 11.4 Å². The topological polar surface area (TPSA) is 114 Å². The maximum absolute atomic E-state index is 14.1. The lowest BCUT2D eigenvalue weighted by Gasteiger charge is -2.40. The molecule has 1 saturated carbocycles. The quantitative estimate of drug-likeness (QED) is 0.397. The third-order valence-electron chi connectivity index (χ3n) is 7.42. The molecule has 1 aliphatic heterocycles. The predicted octanol–water partition coefficient (Wildman–Crippen LogP) is 3.51. The van der Waals surface area contributed by atoms with Crippen molar-refractivity contribution < 1.29 is 9.90 Å². The van der Waals surface area contributed by atoms with Crippen LogP contribution in [0.3, 0.4) is 0 Å². The summed E-state index contributed by atoms with van der Waals surface area (Å²) in [6, 6.07) is 15.3. The highest BCUT2D eigenvalue weighted by Gasteiger charge is 2.34. The number of nitrogen functional groups attached to an aromatic ring is 1. The van der Waals surface area contributed by atoms with E-state index in [0.717, 1.165) is 11.1 Å². The highest BCUT2D eigenvalue weighted by Crippen LogP contribution is 2.41. The Bertz CT molecular complexity index is 1620. The molecule has 2 fully saturated rings. The summed E-state index contributed by atoms with van der Waals surface area (Å²) in [6.07, 6.45) is 5.04. The number of carbonyl (C=O) groups excluding carboxylic acids is 1. The van der Waals surface area contributed by atoms with Crippen LogP contribution >= 0.6 is 0 Å². The Hall–Kier alpha value is -4.30. The van der Waals surface area contributed by atoms with Crippen LogP contribution < -0.4 is 11.3 Å². The molecule has 2 aromatic carbocycles. The fourth-order valence-electron chi connectivity index (χ4n) is 5.26. The van der Waals surface area contributed by atoms with Gasteiger partial charge in [-0.2, -0.15) is 0 Å². The molecule has 37 heavy (non-hydrogen) atoms. The largest absolute Gasteiger partial charge is 0.392 e. The normalized spacial score (nSPS) is 15.5. The molecular weight excluding hydrogens is 466 g/mol. The molecule has 1 amide bonds. The van der Waals surface area contributed by atoms with Gasteiger partial charge in [0, 0.05) is 47.3 Å². The molecule has 4 aromatic rings. The van der Waals surface area contributed by atoms with Gasteiger partial charge in [0.1, 0.15) is 12.1 Å². The first-order valence-corrected chi connectivity index (χ1v) is 12.4. The molecule has 8 nitrogen and oxygen atoms in total. The Morgan fingerprint density at radius 1 is 1.11 bits per heavy atom. The fourth-order valence-corrected chi connectivity index (χ4v) is 5.26. The van der Waals surface area contributed by atoms with E-state index in [0.29, 0.717) is 52.7 Å². The van der Waals surface area contributed by atoms with E-state index in [1.165, 1.54) is 30.8 Å². The number of fused-ring (bicyclic) bond motifs is 1. The van der Waals surface area contributed by atoms with Crippen molar-refractivity contribution in [1.82, 2.24) is 19.4 Å². The summed E-state index contributed by atoms with van der Waals surface area (Å²) < 4.78 is 1.69. The van der Waals surface area contributed by atoms with Crippen LogP contribution in [0.25, 0.3) is 27.7 Å². The first-order valence-electron chi connectivity index (χ1n) is 12.4. The van der Waals surface area contributed by atoms with E-state index < -0.39 is 0 Å². The van der Waals surface area contributed by atoms with Crippen molar-refractivity contribution in [2.75, 3.05) is 18.8 Å². The van der Waals surface area contributed by atoms with E-state index in [1.54, 1.807) is 15.5 Å². The van der Waals surface area contributed by atoms with Crippen LogP contribution in [0, 0.1) is 0 Å². The molecule has 0 unspecified atom stereocenters. The maximum atomic E-state index is 14.1. The second-order valence-corrected chi connectivity index (χ2v) is 9.76. The second-order valence-electron chi connectivity index (χ2n) is 9.76. The molecule has 2 aromatic heterocycles. The monoisotopic (exact) mass is 493 g/mol. The van der Waals surface area contributed by atoms with E-state index in [2.05, 4.69) is 28.7 Å². The Balaban J connectivity index is 1.56. The molecule has 186 valence electrons. The Kier molecular flexibility index (Phi) is 5.61. The molecule has 3 heterocycles. The number of hydrogen-bond donors (Lipinski definition) is 2. The van der Waals surface area contributed by atoms with Gasteiger partial charge in [-0.1, -0.05) is 30.8 Å². The van der Waals surface area contributed by atoms with Gasteiger partial charge in [0.15, 0.2) is 0 Å². The van der Waals surface area contributed by atoms with Crippen LogP contribution in [0.2, 0.25) is 0 Å².